The van der Waals surface area contributed by atoms with Crippen molar-refractivity contribution in [2.75, 3.05) is 26.2 Å². The highest BCUT2D eigenvalue weighted by atomic mass is 35.5. The van der Waals surface area contributed by atoms with Crippen LogP contribution in [0.1, 0.15) is 47.0 Å². The van der Waals surface area contributed by atoms with Crippen molar-refractivity contribution in [3.63, 3.8) is 0 Å². The first-order valence-electron chi connectivity index (χ1n) is 6.70. The molecule has 4 heteroatoms. The Morgan fingerprint density at radius 2 is 1.28 bits per heavy atom. The SMILES string of the molecule is C=CC([O])=O.CCC[N+](CC)(CCC)CCC.[Cl-]. The molecule has 0 aromatic heterocycles. The fourth-order valence-electron chi connectivity index (χ4n) is 2.23. The van der Waals surface area contributed by atoms with Crippen LogP contribution in [-0.2, 0) is 9.90 Å². The maximum absolute atomic E-state index is 9.14. The molecule has 0 unspecified atom stereocenters. The van der Waals surface area contributed by atoms with Gasteiger partial charge < -0.3 is 16.9 Å². The molecule has 109 valence electrons. The molecule has 0 aromatic carbocycles. The molecule has 3 nitrogen and oxygen atoms in total. The van der Waals surface area contributed by atoms with Crippen LogP contribution in [-0.4, -0.2) is 36.6 Å². The lowest BCUT2D eigenvalue weighted by molar-refractivity contribution is -0.926. The molecular weight excluding hydrogens is 250 g/mol. The van der Waals surface area contributed by atoms with Gasteiger partial charge in [-0.25, -0.2) is 9.90 Å². The third-order valence-electron chi connectivity index (χ3n) is 2.93. The summed E-state index contributed by atoms with van der Waals surface area (Å²) in [7, 11) is 0. The Labute approximate surface area is 119 Å². The maximum atomic E-state index is 9.14. The van der Waals surface area contributed by atoms with Crippen molar-refractivity contribution in [2.45, 2.75) is 47.0 Å². The highest BCUT2D eigenvalue weighted by molar-refractivity contribution is 5.78. The molecule has 0 aliphatic carbocycles. The van der Waals surface area contributed by atoms with Crippen LogP contribution >= 0.6 is 0 Å². The fraction of sp³-hybridized carbons (Fsp3) is 0.786. The van der Waals surface area contributed by atoms with Crippen molar-refractivity contribution < 1.29 is 26.8 Å². The quantitative estimate of drug-likeness (QED) is 0.461. The Balaban J connectivity index is -0.000000321. The van der Waals surface area contributed by atoms with Crippen molar-refractivity contribution >= 4 is 5.97 Å². The van der Waals surface area contributed by atoms with E-state index in [0.717, 1.165) is 6.08 Å². The molecule has 0 spiro atoms. The highest BCUT2D eigenvalue weighted by Crippen LogP contribution is 2.10. The number of carbonyl (C=O) groups is 1. The number of rotatable bonds is 8. The van der Waals surface area contributed by atoms with E-state index in [1.165, 1.54) is 49.9 Å². The summed E-state index contributed by atoms with van der Waals surface area (Å²) < 4.78 is 1.35. The predicted molar refractivity (Wildman–Crippen MR) is 72.2 cm³/mol. The van der Waals surface area contributed by atoms with E-state index in [9.17, 15) is 0 Å². The van der Waals surface area contributed by atoms with E-state index >= 15 is 0 Å². The summed E-state index contributed by atoms with van der Waals surface area (Å²) in [6, 6.07) is 0. The van der Waals surface area contributed by atoms with Gasteiger partial charge in [0.2, 0.25) is 0 Å². The van der Waals surface area contributed by atoms with Gasteiger partial charge in [-0.3, -0.25) is 0 Å². The Bertz CT molecular complexity index is 191. The van der Waals surface area contributed by atoms with Crippen LogP contribution in [0.4, 0.5) is 0 Å². The van der Waals surface area contributed by atoms with Gasteiger partial charge in [0.1, 0.15) is 0 Å². The largest absolute Gasteiger partial charge is 1.00 e. The van der Waals surface area contributed by atoms with Crippen LogP contribution in [0.25, 0.3) is 0 Å². The van der Waals surface area contributed by atoms with Crippen molar-refractivity contribution in [3.05, 3.63) is 12.7 Å². The number of carbonyl (C=O) groups excluding carboxylic acids is 1. The molecule has 0 N–H and O–H groups in total. The normalized spacial score (nSPS) is 9.78. The first kappa shape index (κ1) is 22.6. The molecule has 0 bridgehead atoms. The lowest BCUT2D eigenvalue weighted by atomic mass is 10.2. The Kier molecular flexibility index (Phi) is 18.3. The summed E-state index contributed by atoms with van der Waals surface area (Å²) in [5.41, 5.74) is 0. The van der Waals surface area contributed by atoms with E-state index in [2.05, 4.69) is 34.3 Å². The van der Waals surface area contributed by atoms with Crippen LogP contribution in [0.5, 0.6) is 0 Å². The highest BCUT2D eigenvalue weighted by Gasteiger charge is 2.21. The average Bonchev–Trinajstić information content (AvgIpc) is 2.30. The molecule has 0 atom stereocenters. The minimum absolute atomic E-state index is 0. The van der Waals surface area contributed by atoms with Crippen LogP contribution in [0.15, 0.2) is 12.7 Å². The molecular formula is C14H29ClNO2. The predicted octanol–water partition coefficient (Wildman–Crippen LogP) is 0.187. The van der Waals surface area contributed by atoms with Gasteiger partial charge in [-0.1, -0.05) is 27.4 Å². The average molecular weight is 279 g/mol. The summed E-state index contributed by atoms with van der Waals surface area (Å²) in [6.45, 7) is 17.6. The third kappa shape index (κ3) is 11.9. The zero-order chi connectivity index (χ0) is 13.7. The van der Waals surface area contributed by atoms with Gasteiger partial charge in [-0.2, -0.15) is 0 Å². The summed E-state index contributed by atoms with van der Waals surface area (Å²) in [5.74, 6) is -1.23. The summed E-state index contributed by atoms with van der Waals surface area (Å²) in [4.78, 5) is 9.14. The van der Waals surface area contributed by atoms with E-state index < -0.39 is 5.97 Å². The Hall–Kier alpha value is -0.540. The van der Waals surface area contributed by atoms with Gasteiger partial charge in [0, 0.05) is 6.08 Å². The minimum atomic E-state index is -1.23. The topological polar surface area (TPSA) is 37.0 Å². The van der Waals surface area contributed by atoms with Gasteiger partial charge in [0.15, 0.2) is 0 Å². The monoisotopic (exact) mass is 278 g/mol. The minimum Gasteiger partial charge on any atom is -1.00 e. The molecule has 0 aliphatic heterocycles. The second-order valence-electron chi connectivity index (χ2n) is 4.35. The molecule has 0 aliphatic rings. The van der Waals surface area contributed by atoms with Crippen LogP contribution in [0.2, 0.25) is 0 Å². The molecule has 0 rings (SSSR count). The molecule has 0 saturated carbocycles. The lowest BCUT2D eigenvalue weighted by Gasteiger charge is -2.37. The van der Waals surface area contributed by atoms with Crippen molar-refractivity contribution in [2.24, 2.45) is 0 Å². The van der Waals surface area contributed by atoms with Crippen molar-refractivity contribution in [1.29, 1.82) is 0 Å². The van der Waals surface area contributed by atoms with Gasteiger partial charge in [-0.15, -0.1) is 0 Å². The molecule has 0 fully saturated rings. The second kappa shape index (κ2) is 14.5. The van der Waals surface area contributed by atoms with Crippen LogP contribution in [0, 0.1) is 0 Å². The Morgan fingerprint density at radius 1 is 1.00 bits per heavy atom. The molecule has 1 radical (unpaired) electrons. The number of nitrogens with zero attached hydrogens (tertiary/aromatic N) is 1. The van der Waals surface area contributed by atoms with E-state index in [0.29, 0.717) is 0 Å². The van der Waals surface area contributed by atoms with E-state index in [1.807, 2.05) is 0 Å². The lowest BCUT2D eigenvalue weighted by Crippen LogP contribution is -3.00. The summed E-state index contributed by atoms with van der Waals surface area (Å²) in [5, 5.41) is 9.14. The number of hydrogen-bond donors (Lipinski definition) is 0. The smallest absolute Gasteiger partial charge is 0.378 e. The summed E-state index contributed by atoms with van der Waals surface area (Å²) >= 11 is 0. The maximum Gasteiger partial charge on any atom is 0.378 e. The standard InChI is InChI=1S/C11H26N.C3H3O2.ClH/c1-5-9-12(8-4,10-6-2)11-7-3;1-2-3(4)5;/h5-11H2,1-4H3;2H,1H2;1H/q+1;;/p-1. The fourth-order valence-corrected chi connectivity index (χ4v) is 2.23. The third-order valence-corrected chi connectivity index (χ3v) is 2.93. The van der Waals surface area contributed by atoms with Gasteiger partial charge in [0.25, 0.3) is 0 Å². The molecule has 18 heavy (non-hydrogen) atoms. The molecule has 0 saturated heterocycles. The van der Waals surface area contributed by atoms with Crippen molar-refractivity contribution in [1.82, 2.24) is 0 Å². The number of quaternary nitrogens is 1. The molecule has 0 aromatic rings. The first-order chi connectivity index (χ1) is 8.01. The van der Waals surface area contributed by atoms with Crippen molar-refractivity contribution in [3.8, 4) is 0 Å². The van der Waals surface area contributed by atoms with Crippen LogP contribution in [0.3, 0.4) is 0 Å². The van der Waals surface area contributed by atoms with Gasteiger partial charge >= 0.3 is 5.97 Å². The van der Waals surface area contributed by atoms with Gasteiger partial charge in [0.05, 0.1) is 26.2 Å². The molecule has 0 heterocycles. The van der Waals surface area contributed by atoms with E-state index in [1.54, 1.807) is 0 Å². The molecule has 0 amide bonds. The van der Waals surface area contributed by atoms with Crippen LogP contribution < -0.4 is 12.4 Å². The zero-order valence-electron chi connectivity index (χ0n) is 12.4. The van der Waals surface area contributed by atoms with E-state index in [4.69, 9.17) is 9.90 Å². The second-order valence-corrected chi connectivity index (χ2v) is 4.35. The first-order valence-corrected chi connectivity index (χ1v) is 6.70. The van der Waals surface area contributed by atoms with Gasteiger partial charge in [-0.05, 0) is 26.2 Å². The summed E-state index contributed by atoms with van der Waals surface area (Å²) in [6.07, 6.45) is 4.70. The number of hydrogen-bond acceptors (Lipinski definition) is 1. The van der Waals surface area contributed by atoms with E-state index in [-0.39, 0.29) is 12.4 Å². The Morgan fingerprint density at radius 3 is 1.39 bits per heavy atom. The number of halogens is 1. The zero-order valence-corrected chi connectivity index (χ0v) is 13.1.